The van der Waals surface area contributed by atoms with Gasteiger partial charge in [-0.25, -0.2) is 28.2 Å². The summed E-state index contributed by atoms with van der Waals surface area (Å²) in [6.07, 6.45) is 2.60. The topological polar surface area (TPSA) is 81.9 Å². The fraction of sp³-hybridized carbons (Fsp3) is 0.176. The molecule has 0 atom stereocenters. The van der Waals surface area contributed by atoms with Crippen molar-refractivity contribution in [1.82, 2.24) is 19.7 Å². The van der Waals surface area contributed by atoms with Crippen molar-refractivity contribution in [1.29, 1.82) is 0 Å². The van der Waals surface area contributed by atoms with E-state index in [4.69, 9.17) is 4.74 Å². The van der Waals surface area contributed by atoms with Crippen LogP contribution < -0.4 is 5.32 Å². The van der Waals surface area contributed by atoms with Crippen LogP contribution >= 0.6 is 0 Å². The van der Waals surface area contributed by atoms with Gasteiger partial charge in [-0.3, -0.25) is 0 Å². The molecule has 2 heterocycles. The number of ether oxygens (including phenoxy) is 1. The summed E-state index contributed by atoms with van der Waals surface area (Å²) in [6, 6.07) is 5.00. The van der Waals surface area contributed by atoms with Crippen molar-refractivity contribution in [2.24, 2.45) is 0 Å². The Bertz CT molecular complexity index is 938. The Morgan fingerprint density at radius 1 is 1.27 bits per heavy atom. The molecular weight excluding hydrogens is 344 g/mol. The number of hydrogen-bond donors (Lipinski definition) is 1. The molecule has 0 fully saturated rings. The van der Waals surface area contributed by atoms with Crippen LogP contribution in [0.5, 0.6) is 0 Å². The number of para-hydroxylation sites is 1. The van der Waals surface area contributed by atoms with E-state index in [1.54, 1.807) is 13.8 Å². The smallest absolute Gasteiger partial charge is 0.341 e. The highest BCUT2D eigenvalue weighted by atomic mass is 19.1. The lowest BCUT2D eigenvalue weighted by Gasteiger charge is -2.09. The zero-order chi connectivity index (χ0) is 18.7. The molecule has 1 aromatic carbocycles. The molecular formula is C17H15F2N5O2. The predicted molar refractivity (Wildman–Crippen MR) is 89.5 cm³/mol. The first-order chi connectivity index (χ1) is 12.5. The Labute approximate surface area is 147 Å². The van der Waals surface area contributed by atoms with Crippen LogP contribution in [-0.2, 0) is 4.74 Å². The van der Waals surface area contributed by atoms with Gasteiger partial charge in [0, 0.05) is 6.07 Å². The van der Waals surface area contributed by atoms with Gasteiger partial charge in [-0.2, -0.15) is 5.10 Å². The molecule has 3 aromatic rings. The third-order valence-corrected chi connectivity index (χ3v) is 3.59. The first kappa shape index (κ1) is 17.5. The van der Waals surface area contributed by atoms with Gasteiger partial charge in [-0.1, -0.05) is 6.07 Å². The first-order valence-corrected chi connectivity index (χ1v) is 7.76. The monoisotopic (exact) mass is 359 g/mol. The lowest BCUT2D eigenvalue weighted by molar-refractivity contribution is 0.0525. The maximum Gasteiger partial charge on any atom is 0.341 e. The van der Waals surface area contributed by atoms with Crippen molar-refractivity contribution in [3.05, 3.63) is 59.7 Å². The molecule has 2 aromatic heterocycles. The van der Waals surface area contributed by atoms with Gasteiger partial charge in [0.1, 0.15) is 35.0 Å². The summed E-state index contributed by atoms with van der Waals surface area (Å²) < 4.78 is 33.9. The van der Waals surface area contributed by atoms with E-state index < -0.39 is 17.6 Å². The van der Waals surface area contributed by atoms with Crippen LogP contribution in [0.15, 0.2) is 36.8 Å². The maximum atomic E-state index is 13.8. The average Bonchev–Trinajstić information content (AvgIpc) is 3.00. The number of halogens is 2. The van der Waals surface area contributed by atoms with Crippen LogP contribution in [0.4, 0.5) is 20.3 Å². The third kappa shape index (κ3) is 3.37. The Hall–Kier alpha value is -3.36. The second kappa shape index (κ2) is 7.26. The van der Waals surface area contributed by atoms with Gasteiger partial charge in [-0.05, 0) is 26.0 Å². The quantitative estimate of drug-likeness (QED) is 0.705. The third-order valence-electron chi connectivity index (χ3n) is 3.59. The van der Waals surface area contributed by atoms with Gasteiger partial charge in [0.15, 0.2) is 5.82 Å². The lowest BCUT2D eigenvalue weighted by atomic mass is 10.2. The summed E-state index contributed by atoms with van der Waals surface area (Å²) in [7, 11) is 0. The molecule has 0 saturated carbocycles. The van der Waals surface area contributed by atoms with Gasteiger partial charge >= 0.3 is 5.97 Å². The van der Waals surface area contributed by atoms with Crippen molar-refractivity contribution in [2.45, 2.75) is 13.8 Å². The van der Waals surface area contributed by atoms with Crippen LogP contribution in [0.3, 0.4) is 0 Å². The Kier molecular flexibility index (Phi) is 4.87. The summed E-state index contributed by atoms with van der Waals surface area (Å²) in [5, 5.41) is 6.71. The molecule has 7 nitrogen and oxygen atoms in total. The molecule has 0 unspecified atom stereocenters. The molecule has 9 heteroatoms. The number of hydrogen-bond acceptors (Lipinski definition) is 6. The zero-order valence-corrected chi connectivity index (χ0v) is 14.0. The number of nitrogens with one attached hydrogen (secondary N) is 1. The van der Waals surface area contributed by atoms with E-state index in [1.165, 1.54) is 29.3 Å². The molecule has 1 N–H and O–H groups in total. The highest BCUT2D eigenvalue weighted by Gasteiger charge is 2.17. The van der Waals surface area contributed by atoms with Crippen molar-refractivity contribution in [2.75, 3.05) is 11.9 Å². The summed E-state index contributed by atoms with van der Waals surface area (Å²) in [4.78, 5) is 19.9. The predicted octanol–water partition coefficient (Wildman–Crippen LogP) is 3.17. The molecule has 0 aliphatic carbocycles. The molecule has 0 aliphatic rings. The van der Waals surface area contributed by atoms with E-state index in [2.05, 4.69) is 20.4 Å². The van der Waals surface area contributed by atoms with Crippen molar-refractivity contribution < 1.29 is 18.3 Å². The average molecular weight is 359 g/mol. The van der Waals surface area contributed by atoms with E-state index in [0.717, 1.165) is 12.1 Å². The summed E-state index contributed by atoms with van der Waals surface area (Å²) in [6.45, 7) is 3.64. The number of esters is 1. The molecule has 26 heavy (non-hydrogen) atoms. The van der Waals surface area contributed by atoms with E-state index >= 15 is 0 Å². The first-order valence-electron chi connectivity index (χ1n) is 7.76. The fourth-order valence-corrected chi connectivity index (χ4v) is 2.33. The lowest BCUT2D eigenvalue weighted by Crippen LogP contribution is -2.08. The van der Waals surface area contributed by atoms with Crippen molar-refractivity contribution in [3.63, 3.8) is 0 Å². The molecule has 0 spiro atoms. The minimum absolute atomic E-state index is 0.173. The minimum atomic E-state index is -0.745. The highest BCUT2D eigenvalue weighted by Crippen LogP contribution is 2.23. The Balaban J connectivity index is 1.92. The van der Waals surface area contributed by atoms with Gasteiger partial charge in [0.2, 0.25) is 0 Å². The van der Waals surface area contributed by atoms with Gasteiger partial charge in [0.25, 0.3) is 0 Å². The number of rotatable bonds is 5. The molecule has 0 amide bonds. The van der Waals surface area contributed by atoms with E-state index in [-0.39, 0.29) is 18.1 Å². The molecule has 0 bridgehead atoms. The van der Waals surface area contributed by atoms with Gasteiger partial charge in [0.05, 0.1) is 18.5 Å². The number of carbonyl (C=O) groups excluding carboxylic acids is 1. The molecule has 0 aliphatic heterocycles. The standard InChI is InChI=1S/C17H15F2N5O2/c1-3-26-17(25)11-8-22-24(10(11)2)15-7-14(20-9-21-15)23-16-12(18)5-4-6-13(16)19/h4-9H,3H2,1-2H3,(H,20,21,23). The normalized spacial score (nSPS) is 10.6. The SMILES string of the molecule is CCOC(=O)c1cnn(-c2cc(Nc3c(F)cccc3F)ncn2)c1C. The summed E-state index contributed by atoms with van der Waals surface area (Å²) in [5.74, 6) is -1.48. The second-order valence-corrected chi connectivity index (χ2v) is 5.26. The molecule has 0 saturated heterocycles. The fourth-order valence-electron chi connectivity index (χ4n) is 2.33. The number of nitrogens with zero attached hydrogens (tertiary/aromatic N) is 4. The van der Waals surface area contributed by atoms with E-state index in [1.807, 2.05) is 0 Å². The largest absolute Gasteiger partial charge is 0.462 e. The van der Waals surface area contributed by atoms with Crippen LogP contribution in [0, 0.1) is 18.6 Å². The number of carbonyl (C=O) groups is 1. The van der Waals surface area contributed by atoms with Crippen LogP contribution in [0.2, 0.25) is 0 Å². The summed E-state index contributed by atoms with van der Waals surface area (Å²) in [5.41, 5.74) is 0.506. The number of anilines is 2. The molecule has 134 valence electrons. The Morgan fingerprint density at radius 3 is 2.69 bits per heavy atom. The highest BCUT2D eigenvalue weighted by molar-refractivity contribution is 5.90. The van der Waals surface area contributed by atoms with Crippen LogP contribution in [0.25, 0.3) is 5.82 Å². The maximum absolute atomic E-state index is 13.8. The van der Waals surface area contributed by atoms with Crippen molar-refractivity contribution in [3.8, 4) is 5.82 Å². The number of aromatic nitrogens is 4. The zero-order valence-electron chi connectivity index (χ0n) is 14.0. The van der Waals surface area contributed by atoms with Gasteiger partial charge < -0.3 is 10.1 Å². The second-order valence-electron chi connectivity index (χ2n) is 5.26. The van der Waals surface area contributed by atoms with Crippen LogP contribution in [-0.4, -0.2) is 32.3 Å². The summed E-state index contributed by atoms with van der Waals surface area (Å²) >= 11 is 0. The van der Waals surface area contributed by atoms with Crippen molar-refractivity contribution >= 4 is 17.5 Å². The van der Waals surface area contributed by atoms with E-state index in [0.29, 0.717) is 17.1 Å². The Morgan fingerprint density at radius 2 is 2.00 bits per heavy atom. The number of benzene rings is 1. The molecule has 3 rings (SSSR count). The van der Waals surface area contributed by atoms with Gasteiger partial charge in [-0.15, -0.1) is 0 Å². The van der Waals surface area contributed by atoms with Crippen LogP contribution in [0.1, 0.15) is 23.0 Å². The molecule has 0 radical (unpaired) electrons. The minimum Gasteiger partial charge on any atom is -0.462 e. The van der Waals surface area contributed by atoms with E-state index in [9.17, 15) is 13.6 Å².